The lowest BCUT2D eigenvalue weighted by molar-refractivity contribution is -0.124. The van der Waals surface area contributed by atoms with Gasteiger partial charge in [-0.3, -0.25) is 4.79 Å². The number of methoxy groups -OCH3 is 2. The van der Waals surface area contributed by atoms with Crippen LogP contribution in [0.25, 0.3) is 0 Å². The Morgan fingerprint density at radius 3 is 2.58 bits per heavy atom. The smallest absolute Gasteiger partial charge is 0.137 e. The zero-order chi connectivity index (χ0) is 14.3. The largest absolute Gasteiger partial charge is 0.497 e. The summed E-state index contributed by atoms with van der Waals surface area (Å²) in [5.41, 5.74) is 0.944. The molecular formula is C15H22O4. The van der Waals surface area contributed by atoms with Gasteiger partial charge >= 0.3 is 0 Å². The second kappa shape index (κ2) is 7.79. The molecule has 0 fully saturated rings. The van der Waals surface area contributed by atoms with Crippen LogP contribution < -0.4 is 9.47 Å². The maximum atomic E-state index is 11.4. The van der Waals surface area contributed by atoms with Crippen molar-refractivity contribution >= 4 is 5.78 Å². The maximum Gasteiger partial charge on any atom is 0.137 e. The molecule has 4 nitrogen and oxygen atoms in total. The first-order chi connectivity index (χ1) is 9.12. The second-order valence-corrected chi connectivity index (χ2v) is 4.41. The highest BCUT2D eigenvalue weighted by Crippen LogP contribution is 2.25. The molecule has 1 aromatic carbocycles. The van der Waals surface area contributed by atoms with E-state index in [0.717, 1.165) is 17.1 Å². The van der Waals surface area contributed by atoms with Gasteiger partial charge in [0.2, 0.25) is 0 Å². The fraction of sp³-hybridized carbons (Fsp3) is 0.533. The number of rotatable bonds is 8. The summed E-state index contributed by atoms with van der Waals surface area (Å²) in [6.45, 7) is 4.61. The number of hydrogen-bond acceptors (Lipinski definition) is 4. The minimum atomic E-state index is -0.0609. The van der Waals surface area contributed by atoms with Gasteiger partial charge in [-0.1, -0.05) is 13.8 Å². The Balaban J connectivity index is 2.55. The minimum absolute atomic E-state index is 0.0609. The van der Waals surface area contributed by atoms with Crippen LogP contribution in [0.3, 0.4) is 0 Å². The molecule has 0 aromatic heterocycles. The van der Waals surface area contributed by atoms with Crippen LogP contribution >= 0.6 is 0 Å². The molecule has 0 bridgehead atoms. The topological polar surface area (TPSA) is 44.8 Å². The highest BCUT2D eigenvalue weighted by atomic mass is 16.5. The summed E-state index contributed by atoms with van der Waals surface area (Å²) in [6, 6.07) is 5.59. The third-order valence-electron chi connectivity index (χ3n) is 3.02. The summed E-state index contributed by atoms with van der Waals surface area (Å²) in [4.78, 5) is 11.4. The third-order valence-corrected chi connectivity index (χ3v) is 3.02. The van der Waals surface area contributed by atoms with Crippen LogP contribution in [0, 0.1) is 5.92 Å². The predicted octanol–water partition coefficient (Wildman–Crippen LogP) is 2.84. The zero-order valence-electron chi connectivity index (χ0n) is 12.1. The number of hydrogen-bond donors (Lipinski definition) is 0. The molecule has 1 rings (SSSR count). The number of benzene rings is 1. The van der Waals surface area contributed by atoms with E-state index in [1.807, 2.05) is 32.0 Å². The Morgan fingerprint density at radius 2 is 2.00 bits per heavy atom. The van der Waals surface area contributed by atoms with Crippen LogP contribution in [0.2, 0.25) is 0 Å². The van der Waals surface area contributed by atoms with Crippen LogP contribution in [0.5, 0.6) is 11.5 Å². The van der Waals surface area contributed by atoms with Gasteiger partial charge in [-0.05, 0) is 12.1 Å². The highest BCUT2D eigenvalue weighted by molar-refractivity contribution is 5.80. The summed E-state index contributed by atoms with van der Waals surface area (Å²) in [6.07, 6.45) is 0.552. The first-order valence-corrected chi connectivity index (χ1v) is 6.43. The summed E-state index contributed by atoms with van der Waals surface area (Å²) < 4.78 is 16.0. The molecule has 0 saturated heterocycles. The highest BCUT2D eigenvalue weighted by Gasteiger charge is 2.11. The molecule has 0 unspecified atom stereocenters. The molecule has 0 spiro atoms. The Labute approximate surface area is 114 Å². The first-order valence-electron chi connectivity index (χ1n) is 6.43. The van der Waals surface area contributed by atoms with Gasteiger partial charge in [0, 0.05) is 24.0 Å². The quantitative estimate of drug-likeness (QED) is 0.725. The van der Waals surface area contributed by atoms with Crippen LogP contribution in [-0.4, -0.2) is 26.6 Å². The van der Waals surface area contributed by atoms with Gasteiger partial charge < -0.3 is 14.2 Å². The minimum Gasteiger partial charge on any atom is -0.497 e. The van der Waals surface area contributed by atoms with Gasteiger partial charge in [0.25, 0.3) is 0 Å². The molecule has 0 heterocycles. The molecule has 0 aliphatic heterocycles. The van der Waals surface area contributed by atoms with E-state index in [2.05, 4.69) is 0 Å². The molecule has 0 N–H and O–H groups in total. The standard InChI is InChI=1S/C15H22O4/c1-5-14(16)11(2)9-19-10-12-6-7-13(17-3)8-15(12)18-4/h6-8,11H,5,9-10H2,1-4H3/t11-/m1/s1. The molecule has 0 amide bonds. The number of carbonyl (C=O) groups is 1. The van der Waals surface area contributed by atoms with Crippen LogP contribution in [-0.2, 0) is 16.1 Å². The Hall–Kier alpha value is -1.55. The van der Waals surface area contributed by atoms with Crippen LogP contribution in [0.1, 0.15) is 25.8 Å². The molecule has 1 atom stereocenters. The van der Waals surface area contributed by atoms with E-state index >= 15 is 0 Å². The number of ether oxygens (including phenoxy) is 3. The van der Waals surface area contributed by atoms with Gasteiger partial charge in [0.05, 0.1) is 27.4 Å². The lowest BCUT2D eigenvalue weighted by atomic mass is 10.1. The first kappa shape index (κ1) is 15.5. The van der Waals surface area contributed by atoms with E-state index < -0.39 is 0 Å². The summed E-state index contributed by atoms with van der Waals surface area (Å²) in [5.74, 6) is 1.64. The van der Waals surface area contributed by atoms with Crippen molar-refractivity contribution in [2.45, 2.75) is 26.9 Å². The SMILES string of the molecule is CCC(=O)[C@H](C)COCc1ccc(OC)cc1OC. The van der Waals surface area contributed by atoms with E-state index in [4.69, 9.17) is 14.2 Å². The van der Waals surface area contributed by atoms with Gasteiger partial charge in [0.15, 0.2) is 0 Å². The van der Waals surface area contributed by atoms with Crippen molar-refractivity contribution in [3.63, 3.8) is 0 Å². The van der Waals surface area contributed by atoms with Crippen molar-refractivity contribution < 1.29 is 19.0 Å². The van der Waals surface area contributed by atoms with Crippen molar-refractivity contribution in [2.24, 2.45) is 5.92 Å². The summed E-state index contributed by atoms with van der Waals surface area (Å²) in [7, 11) is 3.23. The molecule has 0 radical (unpaired) electrons. The zero-order valence-corrected chi connectivity index (χ0v) is 12.1. The normalized spacial score (nSPS) is 12.0. The van der Waals surface area contributed by atoms with Gasteiger partial charge in [-0.25, -0.2) is 0 Å². The van der Waals surface area contributed by atoms with Gasteiger partial charge in [0.1, 0.15) is 17.3 Å². The molecule has 4 heteroatoms. The molecule has 0 aliphatic carbocycles. The predicted molar refractivity (Wildman–Crippen MR) is 73.7 cm³/mol. The lowest BCUT2D eigenvalue weighted by Gasteiger charge is -2.13. The van der Waals surface area contributed by atoms with Crippen LogP contribution in [0.4, 0.5) is 0 Å². The summed E-state index contributed by atoms with van der Waals surface area (Å²) >= 11 is 0. The average molecular weight is 266 g/mol. The number of Topliss-reactive ketones (excluding diaryl/α,β-unsaturated/α-hetero) is 1. The maximum absolute atomic E-state index is 11.4. The molecule has 106 valence electrons. The van der Waals surface area contributed by atoms with Gasteiger partial charge in [-0.2, -0.15) is 0 Å². The molecule has 0 saturated carbocycles. The fourth-order valence-electron chi connectivity index (χ4n) is 1.76. The van der Waals surface area contributed by atoms with Crippen molar-refractivity contribution in [1.82, 2.24) is 0 Å². The van der Waals surface area contributed by atoms with E-state index in [1.165, 1.54) is 0 Å². The van der Waals surface area contributed by atoms with E-state index in [1.54, 1.807) is 14.2 Å². The molecule has 0 aliphatic rings. The second-order valence-electron chi connectivity index (χ2n) is 4.41. The molecule has 19 heavy (non-hydrogen) atoms. The van der Waals surface area contributed by atoms with Crippen LogP contribution in [0.15, 0.2) is 18.2 Å². The Bertz CT molecular complexity index is 415. The average Bonchev–Trinajstić information content (AvgIpc) is 2.46. The van der Waals surface area contributed by atoms with E-state index in [9.17, 15) is 4.79 Å². The lowest BCUT2D eigenvalue weighted by Crippen LogP contribution is -2.16. The number of ketones is 1. The Kier molecular flexibility index (Phi) is 6.36. The molecule has 1 aromatic rings. The van der Waals surface area contributed by atoms with Crippen molar-refractivity contribution in [1.29, 1.82) is 0 Å². The van der Waals surface area contributed by atoms with Crippen molar-refractivity contribution in [2.75, 3.05) is 20.8 Å². The molecular weight excluding hydrogens is 244 g/mol. The fourth-order valence-corrected chi connectivity index (χ4v) is 1.76. The monoisotopic (exact) mass is 266 g/mol. The Morgan fingerprint density at radius 1 is 1.26 bits per heavy atom. The van der Waals surface area contributed by atoms with Crippen molar-refractivity contribution in [3.05, 3.63) is 23.8 Å². The third kappa shape index (κ3) is 4.56. The number of carbonyl (C=O) groups excluding carboxylic acids is 1. The van der Waals surface area contributed by atoms with Crippen molar-refractivity contribution in [3.8, 4) is 11.5 Å². The van der Waals surface area contributed by atoms with E-state index in [-0.39, 0.29) is 11.7 Å². The van der Waals surface area contributed by atoms with Gasteiger partial charge in [-0.15, -0.1) is 0 Å². The summed E-state index contributed by atoms with van der Waals surface area (Å²) in [5, 5.41) is 0. The van der Waals surface area contributed by atoms with E-state index in [0.29, 0.717) is 19.6 Å².